The largest absolute Gasteiger partial charge is 0.381 e. The molecule has 1 N–H and O–H groups in total. The molecule has 2 heterocycles. The summed E-state index contributed by atoms with van der Waals surface area (Å²) < 4.78 is 1.74. The molecular formula is C22H25ClN6. The van der Waals surface area contributed by atoms with Crippen LogP contribution in [0.3, 0.4) is 0 Å². The van der Waals surface area contributed by atoms with Gasteiger partial charge in [-0.15, -0.1) is 0 Å². The molecule has 3 aromatic rings. The predicted molar refractivity (Wildman–Crippen MR) is 117 cm³/mol. The van der Waals surface area contributed by atoms with Crippen LogP contribution in [-0.4, -0.2) is 51.9 Å². The molecule has 150 valence electrons. The maximum absolute atomic E-state index is 6.18. The van der Waals surface area contributed by atoms with E-state index in [0.29, 0.717) is 11.6 Å². The summed E-state index contributed by atoms with van der Waals surface area (Å²) in [6.45, 7) is 5.30. The summed E-state index contributed by atoms with van der Waals surface area (Å²) in [7, 11) is 0. The third-order valence-electron chi connectivity index (χ3n) is 5.81. The third-order valence-corrected chi connectivity index (χ3v) is 6.04. The standard InChI is InChI=1S/C22H25ClN6/c23-18-2-1-17(22(13-18)29-16-24-15-26-29)14-25-19-3-5-20(6-4-19)27-9-11-28(12-10-27)21-7-8-21/h1-6,13,15-16,21,25H,7-12,14H2. The van der Waals surface area contributed by atoms with Crippen LogP contribution >= 0.6 is 11.6 Å². The molecule has 0 radical (unpaired) electrons. The minimum Gasteiger partial charge on any atom is -0.381 e. The number of anilines is 2. The number of benzene rings is 2. The zero-order valence-corrected chi connectivity index (χ0v) is 17.1. The van der Waals surface area contributed by atoms with Crippen LogP contribution in [0.25, 0.3) is 5.69 Å². The monoisotopic (exact) mass is 408 g/mol. The second-order valence-corrected chi connectivity index (χ2v) is 8.20. The number of hydrogen-bond donors (Lipinski definition) is 1. The lowest BCUT2D eigenvalue weighted by atomic mass is 10.1. The first-order chi connectivity index (χ1) is 14.3. The van der Waals surface area contributed by atoms with Gasteiger partial charge in [0.25, 0.3) is 0 Å². The Hall–Kier alpha value is -2.57. The van der Waals surface area contributed by atoms with Gasteiger partial charge in [0.15, 0.2) is 0 Å². The molecule has 7 heteroatoms. The Morgan fingerprint density at radius 1 is 1.00 bits per heavy atom. The van der Waals surface area contributed by atoms with E-state index in [0.717, 1.165) is 36.1 Å². The molecule has 2 aromatic carbocycles. The highest BCUT2D eigenvalue weighted by Crippen LogP contribution is 2.29. The van der Waals surface area contributed by atoms with E-state index in [2.05, 4.69) is 49.5 Å². The van der Waals surface area contributed by atoms with Gasteiger partial charge in [-0.05, 0) is 54.8 Å². The van der Waals surface area contributed by atoms with Crippen molar-refractivity contribution in [3.63, 3.8) is 0 Å². The van der Waals surface area contributed by atoms with E-state index in [-0.39, 0.29) is 0 Å². The van der Waals surface area contributed by atoms with Gasteiger partial charge in [-0.1, -0.05) is 17.7 Å². The van der Waals surface area contributed by atoms with Crippen molar-refractivity contribution in [2.45, 2.75) is 25.4 Å². The van der Waals surface area contributed by atoms with E-state index in [9.17, 15) is 0 Å². The van der Waals surface area contributed by atoms with Crippen molar-refractivity contribution in [1.29, 1.82) is 0 Å². The topological polar surface area (TPSA) is 49.2 Å². The maximum atomic E-state index is 6.18. The number of rotatable bonds is 6. The highest BCUT2D eigenvalue weighted by Gasteiger charge is 2.31. The predicted octanol–water partition coefficient (Wildman–Crippen LogP) is 3.82. The molecule has 1 aliphatic carbocycles. The van der Waals surface area contributed by atoms with E-state index in [1.54, 1.807) is 11.0 Å². The SMILES string of the molecule is Clc1ccc(CNc2ccc(N3CCN(C4CC4)CC3)cc2)c(-n2cncn2)c1. The van der Waals surface area contributed by atoms with Gasteiger partial charge < -0.3 is 10.2 Å². The molecule has 5 rings (SSSR count). The van der Waals surface area contributed by atoms with Crippen molar-refractivity contribution >= 4 is 23.0 Å². The normalized spacial score (nSPS) is 17.5. The Balaban J connectivity index is 1.22. The summed E-state index contributed by atoms with van der Waals surface area (Å²) in [5.41, 5.74) is 4.46. The summed E-state index contributed by atoms with van der Waals surface area (Å²) in [6.07, 6.45) is 6.01. The van der Waals surface area contributed by atoms with Crippen LogP contribution < -0.4 is 10.2 Å². The van der Waals surface area contributed by atoms with E-state index < -0.39 is 0 Å². The first-order valence-corrected chi connectivity index (χ1v) is 10.6. The fraction of sp³-hybridized carbons (Fsp3) is 0.364. The minimum absolute atomic E-state index is 0.686. The zero-order chi connectivity index (χ0) is 19.6. The second-order valence-electron chi connectivity index (χ2n) is 7.77. The molecule has 2 fully saturated rings. The Labute approximate surface area is 176 Å². The van der Waals surface area contributed by atoms with Crippen molar-refractivity contribution in [3.05, 3.63) is 65.7 Å². The molecule has 0 bridgehead atoms. The van der Waals surface area contributed by atoms with Crippen molar-refractivity contribution in [2.24, 2.45) is 0 Å². The molecule has 1 aliphatic heterocycles. The van der Waals surface area contributed by atoms with Gasteiger partial charge in [-0.25, -0.2) is 9.67 Å². The zero-order valence-electron chi connectivity index (χ0n) is 16.3. The van der Waals surface area contributed by atoms with Gasteiger partial charge in [-0.2, -0.15) is 5.10 Å². The maximum Gasteiger partial charge on any atom is 0.138 e. The highest BCUT2D eigenvalue weighted by atomic mass is 35.5. The Morgan fingerprint density at radius 3 is 2.48 bits per heavy atom. The number of nitrogens with zero attached hydrogens (tertiary/aromatic N) is 5. The van der Waals surface area contributed by atoms with Gasteiger partial charge in [0.2, 0.25) is 0 Å². The van der Waals surface area contributed by atoms with Gasteiger partial charge in [0.05, 0.1) is 5.69 Å². The summed E-state index contributed by atoms with van der Waals surface area (Å²) >= 11 is 6.18. The highest BCUT2D eigenvalue weighted by molar-refractivity contribution is 6.30. The quantitative estimate of drug-likeness (QED) is 0.672. The molecule has 1 saturated heterocycles. The van der Waals surface area contributed by atoms with Gasteiger partial charge >= 0.3 is 0 Å². The average molecular weight is 409 g/mol. The molecule has 0 amide bonds. The van der Waals surface area contributed by atoms with Crippen LogP contribution in [0.2, 0.25) is 5.02 Å². The fourth-order valence-corrected chi connectivity index (χ4v) is 4.17. The molecule has 0 unspecified atom stereocenters. The van der Waals surface area contributed by atoms with E-state index in [1.807, 2.05) is 18.2 Å². The van der Waals surface area contributed by atoms with Crippen molar-refractivity contribution in [2.75, 3.05) is 36.4 Å². The van der Waals surface area contributed by atoms with Crippen LogP contribution in [-0.2, 0) is 6.54 Å². The van der Waals surface area contributed by atoms with Crippen molar-refractivity contribution < 1.29 is 0 Å². The molecule has 6 nitrogen and oxygen atoms in total. The molecule has 0 spiro atoms. The first-order valence-electron chi connectivity index (χ1n) is 10.2. The van der Waals surface area contributed by atoms with Crippen LogP contribution in [0, 0.1) is 0 Å². The van der Waals surface area contributed by atoms with E-state index in [4.69, 9.17) is 11.6 Å². The number of halogens is 1. The van der Waals surface area contributed by atoms with E-state index in [1.165, 1.54) is 37.9 Å². The third kappa shape index (κ3) is 4.23. The average Bonchev–Trinajstić information content (AvgIpc) is 3.47. The Bertz CT molecular complexity index is 944. The van der Waals surface area contributed by atoms with Gasteiger partial charge in [0.1, 0.15) is 12.7 Å². The van der Waals surface area contributed by atoms with Gasteiger partial charge in [-0.3, -0.25) is 4.90 Å². The molecular weight excluding hydrogens is 384 g/mol. The van der Waals surface area contributed by atoms with Crippen molar-refractivity contribution in [3.8, 4) is 5.69 Å². The first kappa shape index (κ1) is 18.5. The second kappa shape index (κ2) is 8.05. The van der Waals surface area contributed by atoms with Crippen molar-refractivity contribution in [1.82, 2.24) is 19.7 Å². The molecule has 29 heavy (non-hydrogen) atoms. The lowest BCUT2D eigenvalue weighted by Crippen LogP contribution is -2.47. The lowest BCUT2D eigenvalue weighted by Gasteiger charge is -2.36. The number of nitrogens with one attached hydrogen (secondary N) is 1. The summed E-state index contributed by atoms with van der Waals surface area (Å²) in [4.78, 5) is 9.17. The van der Waals surface area contributed by atoms with Crippen LogP contribution in [0.15, 0.2) is 55.1 Å². The number of hydrogen-bond acceptors (Lipinski definition) is 5. The summed E-state index contributed by atoms with van der Waals surface area (Å²) in [6, 6.07) is 15.5. The van der Waals surface area contributed by atoms with Gasteiger partial charge in [0, 0.05) is 55.2 Å². The fourth-order valence-electron chi connectivity index (χ4n) is 4.00. The molecule has 2 aliphatic rings. The summed E-state index contributed by atoms with van der Waals surface area (Å²) in [5, 5.41) is 8.43. The number of piperazine rings is 1. The molecule has 1 aromatic heterocycles. The Kier molecular flexibility index (Phi) is 5.12. The van der Waals surface area contributed by atoms with Crippen LogP contribution in [0.4, 0.5) is 11.4 Å². The molecule has 1 saturated carbocycles. The van der Waals surface area contributed by atoms with Crippen LogP contribution in [0.1, 0.15) is 18.4 Å². The summed E-state index contributed by atoms with van der Waals surface area (Å²) in [5.74, 6) is 0. The minimum atomic E-state index is 0.686. The Morgan fingerprint density at radius 2 is 1.79 bits per heavy atom. The number of aromatic nitrogens is 3. The van der Waals surface area contributed by atoms with E-state index >= 15 is 0 Å². The smallest absolute Gasteiger partial charge is 0.138 e. The molecule has 0 atom stereocenters. The van der Waals surface area contributed by atoms with Crippen LogP contribution in [0.5, 0.6) is 0 Å². The lowest BCUT2D eigenvalue weighted by molar-refractivity contribution is 0.248.